The highest BCUT2D eigenvalue weighted by atomic mass is 16.3. The van der Waals surface area contributed by atoms with E-state index in [0.717, 1.165) is 0 Å². The molecule has 0 aromatic heterocycles. The van der Waals surface area contributed by atoms with Crippen molar-refractivity contribution in [2.45, 2.75) is 51.7 Å². The lowest BCUT2D eigenvalue weighted by Gasteiger charge is -2.24. The van der Waals surface area contributed by atoms with Gasteiger partial charge in [0.1, 0.15) is 0 Å². The van der Waals surface area contributed by atoms with E-state index in [1.807, 2.05) is 13.8 Å². The number of aliphatic hydroxyl groups excluding tert-OH is 2. The molecule has 80 valence electrons. The van der Waals surface area contributed by atoms with Crippen LogP contribution in [0.15, 0.2) is 0 Å². The molecule has 0 bridgehead atoms. The molecule has 0 aromatic carbocycles. The summed E-state index contributed by atoms with van der Waals surface area (Å²) in [5.41, 5.74) is -0.843. The monoisotopic (exact) mass is 190 g/mol. The molecule has 13 heavy (non-hydrogen) atoms. The van der Waals surface area contributed by atoms with Gasteiger partial charge < -0.3 is 15.3 Å². The Bertz CT molecular complexity index is 132. The standard InChI is InChI=1S/C10H22O3/c1-8(2)9(12)4-5-10(3,13)6-7-11/h8-9,11-13H,4-7H2,1-3H3/t9-,10+/m0/s1. The molecule has 3 nitrogen and oxygen atoms in total. The van der Waals surface area contributed by atoms with Crippen LogP contribution in [0.3, 0.4) is 0 Å². The van der Waals surface area contributed by atoms with Gasteiger partial charge in [0.05, 0.1) is 11.7 Å². The minimum Gasteiger partial charge on any atom is -0.396 e. The second kappa shape index (κ2) is 5.58. The quantitative estimate of drug-likeness (QED) is 0.583. The van der Waals surface area contributed by atoms with E-state index in [-0.39, 0.29) is 18.6 Å². The predicted octanol–water partition coefficient (Wildman–Crippen LogP) is 0.917. The van der Waals surface area contributed by atoms with Gasteiger partial charge in [0.2, 0.25) is 0 Å². The second-order valence-corrected chi connectivity index (χ2v) is 4.32. The summed E-state index contributed by atoms with van der Waals surface area (Å²) in [7, 11) is 0. The van der Waals surface area contributed by atoms with Crippen LogP contribution in [0.2, 0.25) is 0 Å². The molecular weight excluding hydrogens is 168 g/mol. The van der Waals surface area contributed by atoms with Crippen LogP contribution in [0.4, 0.5) is 0 Å². The van der Waals surface area contributed by atoms with Crippen LogP contribution in [0.1, 0.15) is 40.0 Å². The van der Waals surface area contributed by atoms with Gasteiger partial charge >= 0.3 is 0 Å². The number of aliphatic hydroxyl groups is 3. The average molecular weight is 190 g/mol. The van der Waals surface area contributed by atoms with E-state index in [4.69, 9.17) is 5.11 Å². The van der Waals surface area contributed by atoms with Crippen molar-refractivity contribution in [3.8, 4) is 0 Å². The van der Waals surface area contributed by atoms with Gasteiger partial charge in [0, 0.05) is 6.61 Å². The van der Waals surface area contributed by atoms with Gasteiger partial charge in [-0.05, 0) is 32.1 Å². The summed E-state index contributed by atoms with van der Waals surface area (Å²) in [5, 5.41) is 27.8. The van der Waals surface area contributed by atoms with Crippen molar-refractivity contribution in [1.29, 1.82) is 0 Å². The van der Waals surface area contributed by atoms with Gasteiger partial charge in [-0.25, -0.2) is 0 Å². The highest BCUT2D eigenvalue weighted by Crippen LogP contribution is 2.19. The Kier molecular flexibility index (Phi) is 5.53. The number of hydrogen-bond acceptors (Lipinski definition) is 3. The molecule has 0 aliphatic carbocycles. The zero-order chi connectivity index (χ0) is 10.5. The second-order valence-electron chi connectivity index (χ2n) is 4.32. The van der Waals surface area contributed by atoms with Gasteiger partial charge in [-0.1, -0.05) is 13.8 Å². The molecule has 0 fully saturated rings. The highest BCUT2D eigenvalue weighted by molar-refractivity contribution is 4.74. The van der Waals surface area contributed by atoms with Gasteiger partial charge in [0.25, 0.3) is 0 Å². The van der Waals surface area contributed by atoms with E-state index in [2.05, 4.69) is 0 Å². The fourth-order valence-electron chi connectivity index (χ4n) is 1.16. The molecule has 0 aliphatic heterocycles. The maximum absolute atomic E-state index is 9.67. The molecular formula is C10H22O3. The van der Waals surface area contributed by atoms with Crippen molar-refractivity contribution in [2.75, 3.05) is 6.61 Å². The lowest BCUT2D eigenvalue weighted by molar-refractivity contribution is 0.00546. The first-order valence-electron chi connectivity index (χ1n) is 4.90. The summed E-state index contributed by atoms with van der Waals surface area (Å²) < 4.78 is 0. The van der Waals surface area contributed by atoms with Crippen molar-refractivity contribution in [2.24, 2.45) is 5.92 Å². The van der Waals surface area contributed by atoms with Crippen molar-refractivity contribution in [1.82, 2.24) is 0 Å². The summed E-state index contributed by atoms with van der Waals surface area (Å²) in [5.74, 6) is 0.227. The predicted molar refractivity (Wildman–Crippen MR) is 52.4 cm³/mol. The van der Waals surface area contributed by atoms with Gasteiger partial charge in [0.15, 0.2) is 0 Å². The van der Waals surface area contributed by atoms with Crippen LogP contribution in [0.5, 0.6) is 0 Å². The molecule has 3 N–H and O–H groups in total. The lowest BCUT2D eigenvalue weighted by Crippen LogP contribution is -2.28. The molecule has 0 heterocycles. The largest absolute Gasteiger partial charge is 0.396 e. The third-order valence-electron chi connectivity index (χ3n) is 2.40. The Morgan fingerprint density at radius 1 is 1.23 bits per heavy atom. The Hall–Kier alpha value is -0.120. The molecule has 0 rings (SSSR count). The lowest BCUT2D eigenvalue weighted by atomic mass is 9.92. The third-order valence-corrected chi connectivity index (χ3v) is 2.40. The van der Waals surface area contributed by atoms with Gasteiger partial charge in [-0.2, -0.15) is 0 Å². The van der Waals surface area contributed by atoms with Crippen LogP contribution in [0.25, 0.3) is 0 Å². The van der Waals surface area contributed by atoms with Crippen LogP contribution in [-0.4, -0.2) is 33.6 Å². The fraction of sp³-hybridized carbons (Fsp3) is 1.00. The van der Waals surface area contributed by atoms with Crippen molar-refractivity contribution in [3.05, 3.63) is 0 Å². The zero-order valence-electron chi connectivity index (χ0n) is 8.82. The van der Waals surface area contributed by atoms with Crippen molar-refractivity contribution >= 4 is 0 Å². The highest BCUT2D eigenvalue weighted by Gasteiger charge is 2.21. The minimum atomic E-state index is -0.843. The van der Waals surface area contributed by atoms with E-state index in [1.165, 1.54) is 0 Å². The SMILES string of the molecule is CC(C)[C@@H](O)CC[C@@](C)(O)CCO. The van der Waals surface area contributed by atoms with Gasteiger partial charge in [-0.15, -0.1) is 0 Å². The van der Waals surface area contributed by atoms with Crippen LogP contribution >= 0.6 is 0 Å². The summed E-state index contributed by atoms with van der Waals surface area (Å²) >= 11 is 0. The van der Waals surface area contributed by atoms with E-state index in [9.17, 15) is 10.2 Å². The number of rotatable bonds is 6. The van der Waals surface area contributed by atoms with E-state index < -0.39 is 5.60 Å². The molecule has 2 atom stereocenters. The van der Waals surface area contributed by atoms with E-state index >= 15 is 0 Å². The minimum absolute atomic E-state index is 0.00915. The Morgan fingerprint density at radius 3 is 2.15 bits per heavy atom. The summed E-state index contributed by atoms with van der Waals surface area (Å²) in [4.78, 5) is 0. The topological polar surface area (TPSA) is 60.7 Å². The summed E-state index contributed by atoms with van der Waals surface area (Å²) in [6.45, 7) is 5.58. The Morgan fingerprint density at radius 2 is 1.77 bits per heavy atom. The van der Waals surface area contributed by atoms with Crippen molar-refractivity contribution < 1.29 is 15.3 Å². The summed E-state index contributed by atoms with van der Waals surface area (Å²) in [6, 6.07) is 0. The smallest absolute Gasteiger partial charge is 0.0642 e. The molecule has 0 aliphatic rings. The third kappa shape index (κ3) is 6.02. The van der Waals surface area contributed by atoms with Crippen molar-refractivity contribution in [3.63, 3.8) is 0 Å². The van der Waals surface area contributed by atoms with E-state index in [1.54, 1.807) is 6.92 Å². The fourth-order valence-corrected chi connectivity index (χ4v) is 1.16. The molecule has 0 aromatic rings. The first-order valence-corrected chi connectivity index (χ1v) is 4.90. The van der Waals surface area contributed by atoms with Gasteiger partial charge in [-0.3, -0.25) is 0 Å². The molecule has 0 radical (unpaired) electrons. The molecule has 0 spiro atoms. The zero-order valence-corrected chi connectivity index (χ0v) is 8.82. The molecule has 0 saturated heterocycles. The maximum atomic E-state index is 9.67. The van der Waals surface area contributed by atoms with Crippen LogP contribution in [-0.2, 0) is 0 Å². The van der Waals surface area contributed by atoms with Crippen LogP contribution < -0.4 is 0 Å². The Labute approximate surface area is 80.4 Å². The molecule has 0 unspecified atom stereocenters. The number of hydrogen-bond donors (Lipinski definition) is 3. The average Bonchev–Trinajstić information content (AvgIpc) is 2.00. The summed E-state index contributed by atoms with van der Waals surface area (Å²) in [6.07, 6.45) is 1.14. The molecule has 3 heteroatoms. The molecule has 0 saturated carbocycles. The maximum Gasteiger partial charge on any atom is 0.0642 e. The first kappa shape index (κ1) is 12.9. The molecule has 0 amide bonds. The Balaban J connectivity index is 3.73. The first-order chi connectivity index (χ1) is 5.89. The normalized spacial score (nSPS) is 18.7. The van der Waals surface area contributed by atoms with Crippen LogP contribution in [0, 0.1) is 5.92 Å². The van der Waals surface area contributed by atoms with E-state index in [0.29, 0.717) is 19.3 Å².